The highest BCUT2D eigenvalue weighted by Crippen LogP contribution is 2.28. The van der Waals surface area contributed by atoms with Crippen molar-refractivity contribution in [2.45, 2.75) is 32.5 Å². The number of hydrogen-bond acceptors (Lipinski definition) is 7. The highest BCUT2D eigenvalue weighted by atomic mass is 16.5. The average molecular weight is 427 g/mol. The number of fused-ring (bicyclic) bond motifs is 2. The lowest BCUT2D eigenvalue weighted by Crippen LogP contribution is -2.40. The first-order valence-electron chi connectivity index (χ1n) is 10.6. The minimum absolute atomic E-state index is 0.0522. The minimum atomic E-state index is -0.929. The van der Waals surface area contributed by atoms with Crippen LogP contribution in [0.2, 0.25) is 0 Å². The molecular formula is C20H25N7O4. The van der Waals surface area contributed by atoms with Gasteiger partial charge in [0, 0.05) is 38.3 Å². The van der Waals surface area contributed by atoms with Crippen molar-refractivity contribution in [2.75, 3.05) is 44.3 Å². The van der Waals surface area contributed by atoms with Crippen molar-refractivity contribution in [3.8, 4) is 0 Å². The van der Waals surface area contributed by atoms with E-state index in [1.54, 1.807) is 4.90 Å². The maximum Gasteiger partial charge on any atom is 0.407 e. The molecule has 1 fully saturated rings. The zero-order chi connectivity index (χ0) is 21.4. The standard InChI is InChI=1S/C20H25N7O4/c28-19(24-6-8-31-9-7-24)16-10-14-11-25(3-1-4-27(14)23-16)18-15-2-5-26(20(29)30)12-17(15)21-13-22-18/h10,13H,1-9,11-12H2,(H,29,30). The molecule has 0 aromatic carbocycles. The van der Waals surface area contributed by atoms with Gasteiger partial charge in [-0.3, -0.25) is 9.48 Å². The molecule has 0 atom stereocenters. The van der Waals surface area contributed by atoms with E-state index in [4.69, 9.17) is 4.74 Å². The van der Waals surface area contributed by atoms with E-state index in [1.165, 1.54) is 11.2 Å². The van der Waals surface area contributed by atoms with Gasteiger partial charge in [0.05, 0.1) is 37.7 Å². The lowest BCUT2D eigenvalue weighted by molar-refractivity contribution is 0.0298. The Bertz CT molecular complexity index is 1000. The third-order valence-corrected chi connectivity index (χ3v) is 6.09. The van der Waals surface area contributed by atoms with Crippen LogP contribution in [0, 0.1) is 0 Å². The highest BCUT2D eigenvalue weighted by Gasteiger charge is 2.28. The average Bonchev–Trinajstić information content (AvgIpc) is 3.09. The summed E-state index contributed by atoms with van der Waals surface area (Å²) in [7, 11) is 0. The van der Waals surface area contributed by atoms with Crippen LogP contribution >= 0.6 is 0 Å². The van der Waals surface area contributed by atoms with Gasteiger partial charge in [-0.05, 0) is 18.9 Å². The molecule has 0 aliphatic carbocycles. The fourth-order valence-corrected chi connectivity index (χ4v) is 4.45. The van der Waals surface area contributed by atoms with Crippen LogP contribution < -0.4 is 4.90 Å². The second kappa shape index (κ2) is 8.14. The Hall–Kier alpha value is -3.21. The van der Waals surface area contributed by atoms with Crippen LogP contribution in [0.4, 0.5) is 10.6 Å². The number of carboxylic acid groups (broad SMARTS) is 1. The molecule has 11 heteroatoms. The predicted molar refractivity (Wildman–Crippen MR) is 109 cm³/mol. The van der Waals surface area contributed by atoms with E-state index in [2.05, 4.69) is 20.0 Å². The number of hydrogen-bond donors (Lipinski definition) is 1. The van der Waals surface area contributed by atoms with E-state index >= 15 is 0 Å². The van der Waals surface area contributed by atoms with E-state index < -0.39 is 6.09 Å². The van der Waals surface area contributed by atoms with Gasteiger partial charge in [-0.2, -0.15) is 5.10 Å². The topological polar surface area (TPSA) is 117 Å². The van der Waals surface area contributed by atoms with Crippen molar-refractivity contribution < 1.29 is 19.4 Å². The first kappa shape index (κ1) is 19.7. The number of morpholine rings is 1. The molecule has 0 spiro atoms. The van der Waals surface area contributed by atoms with Crippen LogP contribution in [0.15, 0.2) is 12.4 Å². The predicted octanol–water partition coefficient (Wildman–Crippen LogP) is 0.592. The van der Waals surface area contributed by atoms with Crippen LogP contribution in [0.5, 0.6) is 0 Å². The Morgan fingerprint density at radius 3 is 2.65 bits per heavy atom. The summed E-state index contributed by atoms with van der Waals surface area (Å²) in [4.78, 5) is 38.4. The summed E-state index contributed by atoms with van der Waals surface area (Å²) in [5, 5.41) is 13.9. The number of carbonyl (C=O) groups excluding carboxylic acids is 1. The zero-order valence-corrected chi connectivity index (χ0v) is 17.2. The molecule has 5 rings (SSSR count). The Morgan fingerprint density at radius 1 is 1.00 bits per heavy atom. The second-order valence-corrected chi connectivity index (χ2v) is 8.00. The van der Waals surface area contributed by atoms with E-state index in [9.17, 15) is 14.7 Å². The van der Waals surface area contributed by atoms with E-state index in [0.717, 1.165) is 42.3 Å². The summed E-state index contributed by atoms with van der Waals surface area (Å²) in [6.07, 6.45) is 2.05. The van der Waals surface area contributed by atoms with Gasteiger partial charge in [-0.25, -0.2) is 14.8 Å². The number of anilines is 1. The third-order valence-electron chi connectivity index (χ3n) is 6.09. The largest absolute Gasteiger partial charge is 0.465 e. The molecule has 3 aliphatic rings. The van der Waals surface area contributed by atoms with Gasteiger partial charge in [-0.15, -0.1) is 0 Å². The van der Waals surface area contributed by atoms with Crippen LogP contribution in [-0.2, 0) is 30.8 Å². The summed E-state index contributed by atoms with van der Waals surface area (Å²) in [5.41, 5.74) is 3.22. The van der Waals surface area contributed by atoms with Gasteiger partial charge in [0.1, 0.15) is 12.1 Å². The number of carbonyl (C=O) groups is 2. The van der Waals surface area contributed by atoms with Gasteiger partial charge >= 0.3 is 6.09 Å². The number of aromatic nitrogens is 4. The fourth-order valence-electron chi connectivity index (χ4n) is 4.45. The lowest BCUT2D eigenvalue weighted by Gasteiger charge is -2.30. The number of aryl methyl sites for hydroxylation is 1. The summed E-state index contributed by atoms with van der Waals surface area (Å²) >= 11 is 0. The van der Waals surface area contributed by atoms with Crippen molar-refractivity contribution in [3.05, 3.63) is 35.0 Å². The first-order chi connectivity index (χ1) is 15.1. The number of ether oxygens (including phenoxy) is 1. The van der Waals surface area contributed by atoms with Gasteiger partial charge in [-0.1, -0.05) is 0 Å². The quantitative estimate of drug-likeness (QED) is 0.740. The molecular weight excluding hydrogens is 402 g/mol. The van der Waals surface area contributed by atoms with Crippen LogP contribution in [-0.4, -0.2) is 86.0 Å². The van der Waals surface area contributed by atoms with Gasteiger partial charge in [0.2, 0.25) is 0 Å². The van der Waals surface area contributed by atoms with Gasteiger partial charge in [0.25, 0.3) is 5.91 Å². The van der Waals surface area contributed by atoms with Crippen LogP contribution in [0.3, 0.4) is 0 Å². The maximum absolute atomic E-state index is 12.8. The minimum Gasteiger partial charge on any atom is -0.465 e. The van der Waals surface area contributed by atoms with Crippen molar-refractivity contribution in [2.24, 2.45) is 0 Å². The molecule has 0 unspecified atom stereocenters. The summed E-state index contributed by atoms with van der Waals surface area (Å²) in [6.45, 7) is 5.16. The van der Waals surface area contributed by atoms with E-state index in [1.807, 2.05) is 10.7 Å². The van der Waals surface area contributed by atoms with E-state index in [0.29, 0.717) is 51.5 Å². The SMILES string of the molecule is O=C(O)N1CCc2c(ncnc2N2CCCn3nc(C(=O)N4CCOCC4)cc3C2)C1. The van der Waals surface area contributed by atoms with Gasteiger partial charge < -0.3 is 24.5 Å². The molecule has 2 aromatic rings. The van der Waals surface area contributed by atoms with Crippen molar-refractivity contribution in [1.29, 1.82) is 0 Å². The molecule has 11 nitrogen and oxygen atoms in total. The normalized spacial score (nSPS) is 18.9. The Morgan fingerprint density at radius 2 is 1.84 bits per heavy atom. The molecule has 2 aromatic heterocycles. The summed E-state index contributed by atoms with van der Waals surface area (Å²) in [6, 6.07) is 1.88. The Balaban J connectivity index is 1.38. The van der Waals surface area contributed by atoms with Crippen molar-refractivity contribution >= 4 is 17.8 Å². The molecule has 164 valence electrons. The van der Waals surface area contributed by atoms with Crippen LogP contribution in [0.1, 0.15) is 33.9 Å². The first-order valence-corrected chi connectivity index (χ1v) is 10.6. The summed E-state index contributed by atoms with van der Waals surface area (Å²) in [5.74, 6) is 0.800. The van der Waals surface area contributed by atoms with Crippen molar-refractivity contribution in [3.63, 3.8) is 0 Å². The number of rotatable bonds is 2. The molecule has 1 N–H and O–H groups in total. The number of nitrogens with zero attached hydrogens (tertiary/aromatic N) is 7. The van der Waals surface area contributed by atoms with Crippen LogP contribution in [0.25, 0.3) is 0 Å². The molecule has 1 saturated heterocycles. The lowest BCUT2D eigenvalue weighted by atomic mass is 10.1. The summed E-state index contributed by atoms with van der Waals surface area (Å²) < 4.78 is 7.26. The highest BCUT2D eigenvalue weighted by molar-refractivity contribution is 5.92. The van der Waals surface area contributed by atoms with Crippen molar-refractivity contribution in [1.82, 2.24) is 29.5 Å². The Kier molecular flexibility index (Phi) is 5.18. The molecule has 5 heterocycles. The molecule has 3 aliphatic heterocycles. The molecule has 31 heavy (non-hydrogen) atoms. The van der Waals surface area contributed by atoms with E-state index in [-0.39, 0.29) is 12.5 Å². The zero-order valence-electron chi connectivity index (χ0n) is 17.2. The smallest absolute Gasteiger partial charge is 0.407 e. The number of amides is 2. The molecule has 0 bridgehead atoms. The molecule has 0 saturated carbocycles. The molecule has 0 radical (unpaired) electrons. The maximum atomic E-state index is 12.8. The third kappa shape index (κ3) is 3.80. The van der Waals surface area contributed by atoms with Gasteiger partial charge in [0.15, 0.2) is 5.69 Å². The second-order valence-electron chi connectivity index (χ2n) is 8.00. The Labute approximate surface area is 179 Å². The monoisotopic (exact) mass is 427 g/mol. The molecule has 2 amide bonds. The fraction of sp³-hybridized carbons (Fsp3) is 0.550.